The molecule has 2 fully saturated rings. The zero-order valence-corrected chi connectivity index (χ0v) is 13.1. The van der Waals surface area contributed by atoms with Crippen LogP contribution in [0.1, 0.15) is 0 Å². The van der Waals surface area contributed by atoms with Crippen LogP contribution in [0.2, 0.25) is 0 Å². The maximum atomic E-state index is 12.7. The number of nitrogens with zero attached hydrogens (tertiary/aromatic N) is 1. The van der Waals surface area contributed by atoms with Gasteiger partial charge in [-0.1, -0.05) is 12.2 Å². The highest BCUT2D eigenvalue weighted by atomic mass is 127. The van der Waals surface area contributed by atoms with Crippen LogP contribution >= 0.6 is 22.6 Å². The summed E-state index contributed by atoms with van der Waals surface area (Å²) in [6, 6.07) is 7.24. The molecule has 5 nitrogen and oxygen atoms in total. The van der Waals surface area contributed by atoms with Gasteiger partial charge in [-0.3, -0.25) is 9.59 Å². The van der Waals surface area contributed by atoms with Crippen molar-refractivity contribution in [3.8, 4) is 0 Å². The number of imide groups is 1. The van der Waals surface area contributed by atoms with E-state index < -0.39 is 23.5 Å². The van der Waals surface area contributed by atoms with E-state index in [0.29, 0.717) is 5.69 Å². The highest BCUT2D eigenvalue weighted by Crippen LogP contribution is 2.52. The molecule has 1 aromatic rings. The summed E-state index contributed by atoms with van der Waals surface area (Å²) < 4.78 is 6.72. The Morgan fingerprint density at radius 3 is 2.62 bits per heavy atom. The van der Waals surface area contributed by atoms with Crippen LogP contribution in [0.5, 0.6) is 0 Å². The largest absolute Gasteiger partial charge is 0.393 e. The molecule has 0 saturated carbocycles. The van der Waals surface area contributed by atoms with Gasteiger partial charge in [0.05, 0.1) is 30.2 Å². The average Bonchev–Trinajstić information content (AvgIpc) is 3.12. The summed E-state index contributed by atoms with van der Waals surface area (Å²) in [5.74, 6) is -1.67. The second-order valence-electron chi connectivity index (χ2n) is 5.55. The van der Waals surface area contributed by atoms with Crippen LogP contribution < -0.4 is 4.90 Å². The monoisotopic (exact) mass is 397 g/mol. The average molecular weight is 397 g/mol. The first-order valence-electron chi connectivity index (χ1n) is 6.69. The number of carbonyl (C=O) groups is 2. The number of rotatable bonds is 2. The quantitative estimate of drug-likeness (QED) is 0.461. The molecule has 4 atom stereocenters. The van der Waals surface area contributed by atoms with Crippen LogP contribution in [0.25, 0.3) is 0 Å². The molecular formula is C15H12INO4. The van der Waals surface area contributed by atoms with Gasteiger partial charge in [-0.2, -0.15) is 0 Å². The second-order valence-corrected chi connectivity index (χ2v) is 6.79. The molecule has 0 unspecified atom stereocenters. The number of ether oxygens (including phenoxy) is 1. The normalized spacial score (nSPS) is 36.7. The second kappa shape index (κ2) is 4.37. The minimum Gasteiger partial charge on any atom is -0.393 e. The standard InChI is InChI=1S/C15H12INO4/c16-8-1-3-9(4-2-8)17-13(19)11-10-5-6-15(7-18,21-10)12(11)14(17)20/h1-6,10-12,18H,7H2/t10-,11-,12-,15+/m0/s1. The molecule has 6 heteroatoms. The topological polar surface area (TPSA) is 66.8 Å². The van der Waals surface area contributed by atoms with Gasteiger partial charge in [0.2, 0.25) is 11.8 Å². The molecule has 2 saturated heterocycles. The number of carbonyl (C=O) groups excluding carboxylic acids is 2. The molecule has 0 spiro atoms. The molecule has 21 heavy (non-hydrogen) atoms. The van der Waals surface area contributed by atoms with Crippen molar-refractivity contribution in [3.63, 3.8) is 0 Å². The number of hydrogen-bond acceptors (Lipinski definition) is 4. The number of benzene rings is 1. The van der Waals surface area contributed by atoms with Gasteiger partial charge in [-0.25, -0.2) is 4.90 Å². The lowest BCUT2D eigenvalue weighted by Crippen LogP contribution is -2.43. The fourth-order valence-electron chi connectivity index (χ4n) is 3.53. The molecule has 2 amide bonds. The molecule has 3 heterocycles. The van der Waals surface area contributed by atoms with Crippen LogP contribution in [-0.2, 0) is 14.3 Å². The first-order valence-corrected chi connectivity index (χ1v) is 7.77. The van der Waals surface area contributed by atoms with Crippen LogP contribution in [0, 0.1) is 15.4 Å². The molecule has 3 aliphatic rings. The van der Waals surface area contributed by atoms with E-state index in [1.165, 1.54) is 4.90 Å². The third-order valence-electron chi connectivity index (χ3n) is 4.49. The fraction of sp³-hybridized carbons (Fsp3) is 0.333. The van der Waals surface area contributed by atoms with E-state index in [4.69, 9.17) is 4.74 Å². The van der Waals surface area contributed by atoms with Crippen molar-refractivity contribution in [2.24, 2.45) is 11.8 Å². The van der Waals surface area contributed by atoms with E-state index in [1.54, 1.807) is 24.3 Å². The van der Waals surface area contributed by atoms with Crippen molar-refractivity contribution in [2.75, 3.05) is 11.5 Å². The van der Waals surface area contributed by atoms with E-state index in [1.807, 2.05) is 12.1 Å². The number of fused-ring (bicyclic) bond motifs is 5. The molecule has 0 radical (unpaired) electrons. The summed E-state index contributed by atoms with van der Waals surface area (Å²) in [7, 11) is 0. The van der Waals surface area contributed by atoms with E-state index in [2.05, 4.69) is 22.6 Å². The Hall–Kier alpha value is -1.25. The summed E-state index contributed by atoms with van der Waals surface area (Å²) >= 11 is 2.17. The molecule has 108 valence electrons. The Labute approximate surface area is 134 Å². The third kappa shape index (κ3) is 1.63. The summed E-state index contributed by atoms with van der Waals surface area (Å²) in [6.45, 7) is -0.291. The lowest BCUT2D eigenvalue weighted by Gasteiger charge is -2.26. The molecule has 0 aliphatic carbocycles. The van der Waals surface area contributed by atoms with Crippen LogP contribution in [0.3, 0.4) is 0 Å². The van der Waals surface area contributed by atoms with E-state index in [0.717, 1.165) is 3.57 Å². The number of halogens is 1. The van der Waals surface area contributed by atoms with Gasteiger partial charge in [0.1, 0.15) is 5.60 Å². The van der Waals surface area contributed by atoms with Crippen molar-refractivity contribution in [2.45, 2.75) is 11.7 Å². The van der Waals surface area contributed by atoms with Gasteiger partial charge >= 0.3 is 0 Å². The highest BCUT2D eigenvalue weighted by Gasteiger charge is 2.67. The van der Waals surface area contributed by atoms with Gasteiger partial charge in [0, 0.05) is 3.57 Å². The first kappa shape index (κ1) is 13.4. The van der Waals surface area contributed by atoms with E-state index in [-0.39, 0.29) is 18.4 Å². The van der Waals surface area contributed by atoms with Crippen molar-refractivity contribution < 1.29 is 19.4 Å². The first-order chi connectivity index (χ1) is 10.1. The molecule has 4 rings (SSSR count). The number of anilines is 1. The maximum Gasteiger partial charge on any atom is 0.241 e. The molecule has 2 bridgehead atoms. The van der Waals surface area contributed by atoms with Gasteiger partial charge in [-0.05, 0) is 46.9 Å². The smallest absolute Gasteiger partial charge is 0.241 e. The van der Waals surface area contributed by atoms with Crippen LogP contribution in [-0.4, -0.2) is 35.2 Å². The van der Waals surface area contributed by atoms with Crippen LogP contribution in [0.15, 0.2) is 36.4 Å². The number of aliphatic hydroxyl groups is 1. The van der Waals surface area contributed by atoms with Crippen molar-refractivity contribution >= 4 is 40.1 Å². The minimum atomic E-state index is -1.03. The lowest BCUT2D eigenvalue weighted by atomic mass is 9.77. The van der Waals surface area contributed by atoms with Crippen LogP contribution in [0.4, 0.5) is 5.69 Å². The lowest BCUT2D eigenvalue weighted by molar-refractivity contribution is -0.128. The zero-order chi connectivity index (χ0) is 14.8. The zero-order valence-electron chi connectivity index (χ0n) is 10.9. The Balaban J connectivity index is 1.77. The predicted octanol–water partition coefficient (Wildman–Crippen LogP) is 1.10. The summed E-state index contributed by atoms with van der Waals surface area (Å²) in [4.78, 5) is 26.6. The number of hydrogen-bond donors (Lipinski definition) is 1. The molecule has 3 aliphatic heterocycles. The Morgan fingerprint density at radius 1 is 1.24 bits per heavy atom. The molecule has 1 N–H and O–H groups in total. The SMILES string of the molecule is O=C1[C@H]2[C@@H]3C=C[C@](CO)(O3)[C@@H]2C(=O)N1c1ccc(I)cc1. The van der Waals surface area contributed by atoms with Gasteiger partial charge in [0.25, 0.3) is 0 Å². The third-order valence-corrected chi connectivity index (χ3v) is 5.21. The maximum absolute atomic E-state index is 12.7. The number of amides is 2. The van der Waals surface area contributed by atoms with Gasteiger partial charge < -0.3 is 9.84 Å². The Kier molecular flexibility index (Phi) is 2.79. The van der Waals surface area contributed by atoms with Gasteiger partial charge in [0.15, 0.2) is 0 Å². The fourth-order valence-corrected chi connectivity index (χ4v) is 3.89. The van der Waals surface area contributed by atoms with Crippen molar-refractivity contribution in [3.05, 3.63) is 40.0 Å². The summed E-state index contributed by atoms with van der Waals surface area (Å²) in [5.41, 5.74) is -0.452. The highest BCUT2D eigenvalue weighted by molar-refractivity contribution is 14.1. The van der Waals surface area contributed by atoms with Crippen molar-refractivity contribution in [1.82, 2.24) is 0 Å². The summed E-state index contributed by atoms with van der Waals surface area (Å²) in [5, 5.41) is 9.63. The van der Waals surface area contributed by atoms with Crippen molar-refractivity contribution in [1.29, 1.82) is 0 Å². The molecule has 0 aromatic heterocycles. The Morgan fingerprint density at radius 2 is 1.95 bits per heavy atom. The number of aliphatic hydroxyl groups excluding tert-OH is 1. The van der Waals surface area contributed by atoms with Gasteiger partial charge in [-0.15, -0.1) is 0 Å². The minimum absolute atomic E-state index is 0.240. The van der Waals surface area contributed by atoms with E-state index in [9.17, 15) is 14.7 Å². The summed E-state index contributed by atoms with van der Waals surface area (Å²) in [6.07, 6.45) is 3.09. The molecule has 1 aromatic carbocycles. The Bertz CT molecular complexity index is 671. The molecular weight excluding hydrogens is 385 g/mol. The van der Waals surface area contributed by atoms with E-state index >= 15 is 0 Å². The predicted molar refractivity (Wildman–Crippen MR) is 82.5 cm³/mol.